The van der Waals surface area contributed by atoms with Crippen molar-refractivity contribution in [2.45, 2.75) is 32.4 Å². The molecule has 6 heterocycles. The summed E-state index contributed by atoms with van der Waals surface area (Å²) in [6.45, 7) is 5.75. The Hall–Kier alpha value is -3.64. The van der Waals surface area contributed by atoms with Crippen LogP contribution in [-0.4, -0.2) is 68.4 Å². The third-order valence-electron chi connectivity index (χ3n) is 6.37. The summed E-state index contributed by atoms with van der Waals surface area (Å²) in [5.74, 6) is 0.439. The second-order valence-electron chi connectivity index (χ2n) is 8.91. The number of dihydropyridines is 1. The number of rotatable bonds is 6. The van der Waals surface area contributed by atoms with Gasteiger partial charge in [0.05, 0.1) is 53.3 Å². The lowest BCUT2D eigenvalue weighted by molar-refractivity contribution is -0.122. The number of hydrogen-bond acceptors (Lipinski definition) is 8. The van der Waals surface area contributed by atoms with Gasteiger partial charge in [-0.15, -0.1) is 11.3 Å². The van der Waals surface area contributed by atoms with Crippen molar-refractivity contribution in [1.29, 1.82) is 0 Å². The van der Waals surface area contributed by atoms with Gasteiger partial charge < -0.3 is 20.7 Å². The number of carbonyl (C=O) groups excluding carboxylic acids is 2. The molecule has 1 fully saturated rings. The van der Waals surface area contributed by atoms with Crippen LogP contribution in [0.25, 0.3) is 15.3 Å². The van der Waals surface area contributed by atoms with Crippen molar-refractivity contribution >= 4 is 28.0 Å². The maximum absolute atomic E-state index is 13.2. The van der Waals surface area contributed by atoms with E-state index in [4.69, 9.17) is 4.74 Å². The van der Waals surface area contributed by atoms with Gasteiger partial charge in [-0.25, -0.2) is 9.20 Å². The highest BCUT2D eigenvalue weighted by molar-refractivity contribution is 7.21. The number of amides is 2. The molecule has 0 aliphatic carbocycles. The molecule has 6 rings (SSSR count). The molecule has 3 aliphatic heterocycles. The van der Waals surface area contributed by atoms with Crippen LogP contribution in [0.1, 0.15) is 30.1 Å². The van der Waals surface area contributed by atoms with Gasteiger partial charge in [0.1, 0.15) is 4.83 Å². The minimum Gasteiger partial charge on any atom is -0.477 e. The Morgan fingerprint density at radius 3 is 2.91 bits per heavy atom. The molecule has 0 spiro atoms. The van der Waals surface area contributed by atoms with Crippen LogP contribution in [0.4, 0.5) is 0 Å². The Bertz CT molecular complexity index is 1360. The molecule has 3 N–H and O–H groups in total. The summed E-state index contributed by atoms with van der Waals surface area (Å²) in [5.41, 5.74) is 2.68. The second kappa shape index (κ2) is 8.86. The van der Waals surface area contributed by atoms with E-state index in [0.717, 1.165) is 53.6 Å². The number of hydrogen-bond donors (Lipinski definition) is 3. The quantitative estimate of drug-likeness (QED) is 0.473. The molecule has 11 nitrogen and oxygen atoms in total. The van der Waals surface area contributed by atoms with Gasteiger partial charge in [0.15, 0.2) is 0 Å². The van der Waals surface area contributed by atoms with E-state index in [2.05, 4.69) is 31.0 Å². The minimum atomic E-state index is -0.255. The fourth-order valence-corrected chi connectivity index (χ4v) is 5.36. The molecular formula is C23H26N8O3S. The molecule has 1 atom stereocenters. The zero-order valence-corrected chi connectivity index (χ0v) is 20.1. The average Bonchev–Trinajstić information content (AvgIpc) is 3.52. The molecule has 0 aromatic carbocycles. The second-order valence-corrected chi connectivity index (χ2v) is 9.94. The highest BCUT2D eigenvalue weighted by Crippen LogP contribution is 2.37. The van der Waals surface area contributed by atoms with Gasteiger partial charge in [-0.1, -0.05) is 0 Å². The van der Waals surface area contributed by atoms with Gasteiger partial charge in [-0.05, 0) is 32.5 Å². The zero-order valence-electron chi connectivity index (χ0n) is 19.3. The number of fused-ring (bicyclic) bond motifs is 2. The van der Waals surface area contributed by atoms with Crippen molar-refractivity contribution in [1.82, 2.24) is 40.2 Å². The number of nitrogens with zero attached hydrogens (tertiary/aromatic N) is 5. The number of nitrogens with one attached hydrogen (secondary N) is 3. The maximum Gasteiger partial charge on any atom is 0.260 e. The van der Waals surface area contributed by atoms with Crippen molar-refractivity contribution in [2.75, 3.05) is 26.2 Å². The minimum absolute atomic E-state index is 0.0648. The predicted octanol–water partition coefficient (Wildman–Crippen LogP) is 1.31. The standard InChI is InChI=1S/C23H26N8O3S/c1-14-18(8-15(9-24-14)27-20(32)13-29-4-2-5-29)28-21(33)17-11-26-31-12-19(35-23(17)31)16-10-25-30-6-3-7-34-22(16)30/h8-12,14,24H,2-7,13H2,1H3,(H,27,32)(H,28,33). The highest BCUT2D eigenvalue weighted by atomic mass is 32.1. The van der Waals surface area contributed by atoms with Gasteiger partial charge in [0.25, 0.3) is 5.91 Å². The molecular weight excluding hydrogens is 468 g/mol. The van der Waals surface area contributed by atoms with E-state index in [-0.39, 0.29) is 17.9 Å². The fourth-order valence-electron chi connectivity index (χ4n) is 4.30. The Kier molecular flexibility index (Phi) is 5.53. The van der Waals surface area contributed by atoms with Crippen molar-refractivity contribution in [3.63, 3.8) is 0 Å². The van der Waals surface area contributed by atoms with Crippen LogP contribution in [0.5, 0.6) is 5.88 Å². The lowest BCUT2D eigenvalue weighted by atomic mass is 10.1. The lowest BCUT2D eigenvalue weighted by Crippen LogP contribution is -2.45. The molecule has 1 saturated heterocycles. The van der Waals surface area contributed by atoms with Crippen LogP contribution < -0.4 is 20.7 Å². The Balaban J connectivity index is 1.19. The summed E-state index contributed by atoms with van der Waals surface area (Å²) in [7, 11) is 0. The van der Waals surface area contributed by atoms with Crippen LogP contribution in [0, 0.1) is 0 Å². The van der Waals surface area contributed by atoms with Crippen molar-refractivity contribution in [2.24, 2.45) is 0 Å². The first kappa shape index (κ1) is 21.9. The third kappa shape index (κ3) is 4.19. The summed E-state index contributed by atoms with van der Waals surface area (Å²) in [6, 6.07) is -0.115. The molecule has 0 saturated carbocycles. The number of aryl methyl sites for hydroxylation is 1. The predicted molar refractivity (Wildman–Crippen MR) is 130 cm³/mol. The summed E-state index contributed by atoms with van der Waals surface area (Å²) in [6.07, 6.45) is 10.9. The number of ether oxygens (including phenoxy) is 1. The first-order chi connectivity index (χ1) is 17.0. The largest absolute Gasteiger partial charge is 0.477 e. The number of allylic oxidation sites excluding steroid dienone is 1. The Morgan fingerprint density at radius 2 is 2.09 bits per heavy atom. The van der Waals surface area contributed by atoms with Gasteiger partial charge >= 0.3 is 0 Å². The van der Waals surface area contributed by atoms with Gasteiger partial charge in [-0.3, -0.25) is 14.5 Å². The smallest absolute Gasteiger partial charge is 0.260 e. The lowest BCUT2D eigenvalue weighted by Gasteiger charge is -2.30. The maximum atomic E-state index is 13.2. The number of likely N-dealkylation sites (tertiary alicyclic amines) is 1. The van der Waals surface area contributed by atoms with Gasteiger partial charge in [0, 0.05) is 31.1 Å². The summed E-state index contributed by atoms with van der Waals surface area (Å²) in [5, 5.41) is 17.9. The third-order valence-corrected chi connectivity index (χ3v) is 7.52. The van der Waals surface area contributed by atoms with Crippen LogP contribution >= 0.6 is 11.3 Å². The zero-order chi connectivity index (χ0) is 23.9. The summed E-state index contributed by atoms with van der Waals surface area (Å²) < 4.78 is 9.40. The van der Waals surface area contributed by atoms with Crippen LogP contribution in [-0.2, 0) is 11.3 Å². The van der Waals surface area contributed by atoms with Gasteiger partial charge in [-0.2, -0.15) is 10.2 Å². The van der Waals surface area contributed by atoms with E-state index < -0.39 is 0 Å². The Morgan fingerprint density at radius 1 is 1.20 bits per heavy atom. The van der Waals surface area contributed by atoms with E-state index in [0.29, 0.717) is 30.1 Å². The summed E-state index contributed by atoms with van der Waals surface area (Å²) in [4.78, 5) is 29.3. The Labute approximate surface area is 205 Å². The fraction of sp³-hybridized carbons (Fsp3) is 0.391. The van der Waals surface area contributed by atoms with Crippen LogP contribution in [0.3, 0.4) is 0 Å². The molecule has 1 unspecified atom stereocenters. The first-order valence-electron chi connectivity index (χ1n) is 11.7. The summed E-state index contributed by atoms with van der Waals surface area (Å²) >= 11 is 1.47. The van der Waals surface area contributed by atoms with Crippen LogP contribution in [0.15, 0.2) is 42.3 Å². The van der Waals surface area contributed by atoms with E-state index in [1.54, 1.807) is 29.2 Å². The topological polar surface area (TPSA) is 118 Å². The normalized spacial score (nSPS) is 19.6. The highest BCUT2D eigenvalue weighted by Gasteiger charge is 2.24. The van der Waals surface area contributed by atoms with Crippen LogP contribution in [0.2, 0.25) is 0 Å². The van der Waals surface area contributed by atoms with E-state index >= 15 is 0 Å². The molecule has 3 aromatic rings. The van der Waals surface area contributed by atoms with Gasteiger partial charge in [0.2, 0.25) is 11.8 Å². The molecule has 12 heteroatoms. The van der Waals surface area contributed by atoms with Crippen molar-refractivity contribution in [3.8, 4) is 16.3 Å². The molecule has 0 radical (unpaired) electrons. The molecule has 3 aromatic heterocycles. The van der Waals surface area contributed by atoms with E-state index in [1.165, 1.54) is 11.3 Å². The van der Waals surface area contributed by atoms with Crippen molar-refractivity contribution in [3.05, 3.63) is 47.8 Å². The van der Waals surface area contributed by atoms with E-state index in [9.17, 15) is 9.59 Å². The molecule has 182 valence electrons. The number of thiazole rings is 1. The molecule has 35 heavy (non-hydrogen) atoms. The van der Waals surface area contributed by atoms with E-state index in [1.807, 2.05) is 17.8 Å². The number of carbonyl (C=O) groups is 2. The monoisotopic (exact) mass is 494 g/mol. The molecule has 0 bridgehead atoms. The molecule has 2 amide bonds. The molecule has 3 aliphatic rings. The number of aromatic nitrogens is 4. The van der Waals surface area contributed by atoms with Crippen molar-refractivity contribution < 1.29 is 14.3 Å². The SMILES string of the molecule is CC1NC=C(NC(=O)CN2CCC2)C=C1NC(=O)c1cnn2cc(-c3cnn4c3OCCC4)sc12. The average molecular weight is 495 g/mol. The first-order valence-corrected chi connectivity index (χ1v) is 12.5.